The maximum absolute atomic E-state index is 12.7. The number of amides is 1. The molecule has 2 aromatic carbocycles. The Bertz CT molecular complexity index is 956. The van der Waals surface area contributed by atoms with Crippen molar-refractivity contribution in [3.63, 3.8) is 0 Å². The number of nitrogens with one attached hydrogen (secondary N) is 1. The molecule has 4 rings (SSSR count). The van der Waals surface area contributed by atoms with Crippen molar-refractivity contribution in [2.24, 2.45) is 0 Å². The minimum absolute atomic E-state index is 0.0177. The lowest BCUT2D eigenvalue weighted by Gasteiger charge is -2.17. The van der Waals surface area contributed by atoms with Crippen molar-refractivity contribution in [3.05, 3.63) is 94.7 Å². The number of carbonyl (C=O) groups excluding carboxylic acids is 1. The Hall–Kier alpha value is -2.76. The zero-order valence-corrected chi connectivity index (χ0v) is 16.2. The van der Waals surface area contributed by atoms with Gasteiger partial charge >= 0.3 is 0 Å². The van der Waals surface area contributed by atoms with Gasteiger partial charge in [0.15, 0.2) is 5.13 Å². The number of rotatable bonds is 6. The molecule has 4 aromatic rings. The summed E-state index contributed by atoms with van der Waals surface area (Å²) < 4.78 is 0. The van der Waals surface area contributed by atoms with E-state index in [4.69, 9.17) is 0 Å². The first-order valence-corrected chi connectivity index (χ1v) is 10.4. The van der Waals surface area contributed by atoms with Gasteiger partial charge in [-0.05, 0) is 22.6 Å². The van der Waals surface area contributed by atoms with Crippen LogP contribution in [0.5, 0.6) is 0 Å². The molecular weight excluding hydrogens is 372 g/mol. The number of thiazole rings is 1. The molecule has 0 aliphatic carbocycles. The maximum atomic E-state index is 12.7. The van der Waals surface area contributed by atoms with Gasteiger partial charge in [-0.2, -0.15) is 0 Å². The third-order valence-corrected chi connectivity index (χ3v) is 5.97. The zero-order valence-electron chi connectivity index (χ0n) is 14.5. The molecule has 3 nitrogen and oxygen atoms in total. The minimum atomic E-state index is -0.0280. The van der Waals surface area contributed by atoms with Crippen molar-refractivity contribution >= 4 is 33.7 Å². The lowest BCUT2D eigenvalue weighted by atomic mass is 9.88. The molecule has 1 N–H and O–H groups in total. The fourth-order valence-corrected chi connectivity index (χ4v) is 4.51. The Kier molecular flexibility index (Phi) is 5.42. The monoisotopic (exact) mass is 390 g/mol. The van der Waals surface area contributed by atoms with Gasteiger partial charge in [0.05, 0.1) is 10.6 Å². The van der Waals surface area contributed by atoms with Gasteiger partial charge in [0.1, 0.15) is 0 Å². The second-order valence-corrected chi connectivity index (χ2v) is 7.95. The summed E-state index contributed by atoms with van der Waals surface area (Å²) >= 11 is 3.10. The standard InChI is InChI=1S/C22H18N2OS2/c25-21(24-22-23-19(15-27-22)20-12-7-13-26-20)14-18(16-8-3-1-4-9-16)17-10-5-2-6-11-17/h1-13,15,18H,14H2,(H,23,24,25). The lowest BCUT2D eigenvalue weighted by molar-refractivity contribution is -0.116. The van der Waals surface area contributed by atoms with E-state index in [9.17, 15) is 4.79 Å². The van der Waals surface area contributed by atoms with Gasteiger partial charge in [-0.15, -0.1) is 22.7 Å². The average Bonchev–Trinajstić information content (AvgIpc) is 3.39. The van der Waals surface area contributed by atoms with Crippen molar-refractivity contribution in [1.29, 1.82) is 0 Å². The first-order valence-electron chi connectivity index (χ1n) is 8.69. The van der Waals surface area contributed by atoms with E-state index in [0.29, 0.717) is 11.6 Å². The highest BCUT2D eigenvalue weighted by Gasteiger charge is 2.19. The Labute approximate surface area is 166 Å². The molecule has 5 heteroatoms. The summed E-state index contributed by atoms with van der Waals surface area (Å²) in [5.41, 5.74) is 3.18. The van der Waals surface area contributed by atoms with Crippen LogP contribution in [0, 0.1) is 0 Å². The van der Waals surface area contributed by atoms with Crippen LogP contribution in [-0.4, -0.2) is 10.9 Å². The SMILES string of the molecule is O=C(CC(c1ccccc1)c1ccccc1)Nc1nc(-c2cccs2)cs1. The van der Waals surface area contributed by atoms with Gasteiger partial charge in [-0.3, -0.25) is 4.79 Å². The Morgan fingerprint density at radius 2 is 1.56 bits per heavy atom. The molecular formula is C22H18N2OS2. The molecule has 1 amide bonds. The van der Waals surface area contributed by atoms with Gasteiger partial charge in [-0.25, -0.2) is 4.98 Å². The number of benzene rings is 2. The predicted octanol–water partition coefficient (Wildman–Crippen LogP) is 6.03. The van der Waals surface area contributed by atoms with E-state index in [1.165, 1.54) is 11.3 Å². The number of anilines is 1. The van der Waals surface area contributed by atoms with Crippen LogP contribution in [0.4, 0.5) is 5.13 Å². The molecule has 0 spiro atoms. The van der Waals surface area contributed by atoms with E-state index < -0.39 is 0 Å². The molecule has 0 saturated heterocycles. The Morgan fingerprint density at radius 3 is 2.15 bits per heavy atom. The highest BCUT2D eigenvalue weighted by Crippen LogP contribution is 2.30. The molecule has 27 heavy (non-hydrogen) atoms. The molecule has 134 valence electrons. The fraction of sp³-hybridized carbons (Fsp3) is 0.0909. The van der Waals surface area contributed by atoms with E-state index in [2.05, 4.69) is 34.6 Å². The molecule has 0 aliphatic rings. The van der Waals surface area contributed by atoms with E-state index >= 15 is 0 Å². The molecule has 2 aromatic heterocycles. The quantitative estimate of drug-likeness (QED) is 0.436. The normalized spacial score (nSPS) is 10.9. The van der Waals surface area contributed by atoms with Crippen molar-refractivity contribution in [2.75, 3.05) is 5.32 Å². The molecule has 2 heterocycles. The third-order valence-electron chi connectivity index (χ3n) is 4.32. The van der Waals surface area contributed by atoms with Crippen LogP contribution in [0.25, 0.3) is 10.6 Å². The minimum Gasteiger partial charge on any atom is -0.302 e. The highest BCUT2D eigenvalue weighted by molar-refractivity contribution is 7.16. The van der Waals surface area contributed by atoms with Gasteiger partial charge in [-0.1, -0.05) is 66.7 Å². The molecule has 0 saturated carbocycles. The second kappa shape index (κ2) is 8.29. The lowest BCUT2D eigenvalue weighted by Crippen LogP contribution is -2.16. The van der Waals surface area contributed by atoms with E-state index in [0.717, 1.165) is 21.7 Å². The molecule has 0 unspecified atom stereocenters. The van der Waals surface area contributed by atoms with Crippen LogP contribution in [0.2, 0.25) is 0 Å². The molecule has 0 atom stereocenters. The van der Waals surface area contributed by atoms with Crippen LogP contribution >= 0.6 is 22.7 Å². The average molecular weight is 391 g/mol. The summed E-state index contributed by atoms with van der Waals surface area (Å²) in [6.45, 7) is 0. The van der Waals surface area contributed by atoms with Crippen molar-refractivity contribution in [1.82, 2.24) is 4.98 Å². The maximum Gasteiger partial charge on any atom is 0.227 e. The molecule has 0 aliphatic heterocycles. The summed E-state index contributed by atoms with van der Waals surface area (Å²) in [4.78, 5) is 18.4. The third kappa shape index (κ3) is 4.32. The second-order valence-electron chi connectivity index (χ2n) is 6.14. The molecule has 0 bridgehead atoms. The van der Waals surface area contributed by atoms with E-state index in [1.54, 1.807) is 11.3 Å². The topological polar surface area (TPSA) is 42.0 Å². The smallest absolute Gasteiger partial charge is 0.227 e. The number of carbonyl (C=O) groups is 1. The number of aromatic nitrogens is 1. The molecule has 0 radical (unpaired) electrons. The fourth-order valence-electron chi connectivity index (χ4n) is 3.02. The summed E-state index contributed by atoms with van der Waals surface area (Å²) in [5, 5.41) is 7.61. The van der Waals surface area contributed by atoms with Crippen LogP contribution in [-0.2, 0) is 4.79 Å². The largest absolute Gasteiger partial charge is 0.302 e. The first-order chi connectivity index (χ1) is 13.3. The van der Waals surface area contributed by atoms with Crippen LogP contribution < -0.4 is 5.32 Å². The molecule has 0 fully saturated rings. The summed E-state index contributed by atoms with van der Waals surface area (Å²) in [6, 6.07) is 24.4. The summed E-state index contributed by atoms with van der Waals surface area (Å²) in [5.74, 6) is -0.0103. The van der Waals surface area contributed by atoms with E-state index in [-0.39, 0.29) is 11.8 Å². The summed E-state index contributed by atoms with van der Waals surface area (Å²) in [7, 11) is 0. The van der Waals surface area contributed by atoms with Crippen LogP contribution in [0.3, 0.4) is 0 Å². The van der Waals surface area contributed by atoms with Crippen molar-refractivity contribution in [2.45, 2.75) is 12.3 Å². The number of thiophene rings is 1. The van der Waals surface area contributed by atoms with Gasteiger partial charge in [0, 0.05) is 17.7 Å². The van der Waals surface area contributed by atoms with Gasteiger partial charge in [0.2, 0.25) is 5.91 Å². The highest BCUT2D eigenvalue weighted by atomic mass is 32.1. The Balaban J connectivity index is 1.51. The number of hydrogen-bond acceptors (Lipinski definition) is 4. The van der Waals surface area contributed by atoms with Gasteiger partial charge in [0.25, 0.3) is 0 Å². The van der Waals surface area contributed by atoms with Crippen LogP contribution in [0.1, 0.15) is 23.5 Å². The van der Waals surface area contributed by atoms with Crippen molar-refractivity contribution < 1.29 is 4.79 Å². The number of nitrogens with zero attached hydrogens (tertiary/aromatic N) is 1. The predicted molar refractivity (Wildman–Crippen MR) is 113 cm³/mol. The van der Waals surface area contributed by atoms with E-state index in [1.807, 2.05) is 59.3 Å². The van der Waals surface area contributed by atoms with Crippen molar-refractivity contribution in [3.8, 4) is 10.6 Å². The summed E-state index contributed by atoms with van der Waals surface area (Å²) in [6.07, 6.45) is 0.377. The Morgan fingerprint density at radius 1 is 0.889 bits per heavy atom. The van der Waals surface area contributed by atoms with Crippen LogP contribution in [0.15, 0.2) is 83.6 Å². The zero-order chi connectivity index (χ0) is 18.5. The van der Waals surface area contributed by atoms with Gasteiger partial charge < -0.3 is 5.32 Å². The number of hydrogen-bond donors (Lipinski definition) is 1. The first kappa shape index (κ1) is 17.6.